The van der Waals surface area contributed by atoms with Gasteiger partial charge in [0.25, 0.3) is 0 Å². The van der Waals surface area contributed by atoms with Gasteiger partial charge in [-0.2, -0.15) is 0 Å². The first kappa shape index (κ1) is 16.2. The van der Waals surface area contributed by atoms with E-state index in [2.05, 4.69) is 46.9 Å². The van der Waals surface area contributed by atoms with Crippen molar-refractivity contribution >= 4 is 0 Å². The first-order valence-electron chi connectivity index (χ1n) is 7.49. The fraction of sp³-hybridized carbons (Fsp3) is 0.667. The van der Waals surface area contributed by atoms with Crippen LogP contribution in [-0.4, -0.2) is 10.7 Å². The summed E-state index contributed by atoms with van der Waals surface area (Å²) in [5, 5.41) is 11.4. The molecule has 0 saturated heterocycles. The monoisotopic (exact) mass is 262 g/mol. The highest BCUT2D eigenvalue weighted by molar-refractivity contribution is 5.29. The maximum Gasteiger partial charge on any atom is 0.0916 e. The largest absolute Gasteiger partial charge is 0.385 e. The third kappa shape index (κ3) is 2.72. The second-order valence-electron chi connectivity index (χ2n) is 6.40. The number of unbranched alkanes of at least 4 members (excludes halogenated alkanes) is 1. The molecule has 0 heterocycles. The van der Waals surface area contributed by atoms with Gasteiger partial charge in [-0.3, -0.25) is 0 Å². The summed E-state index contributed by atoms with van der Waals surface area (Å²) in [5.41, 5.74) is 1.39. The third-order valence-corrected chi connectivity index (χ3v) is 5.08. The second-order valence-corrected chi connectivity index (χ2v) is 6.40. The standard InChI is InChI=1S/C18H30O/c1-7-9-13-18(19)15(5)10-11-16(14(3)4)17(18,6)12-8-2/h8,10,16,19H,2-3,7,9,11-13H2,1,4-6H3/t16-,17+,18-/m0/s1. The van der Waals surface area contributed by atoms with E-state index in [0.717, 1.165) is 37.7 Å². The molecular weight excluding hydrogens is 232 g/mol. The zero-order valence-corrected chi connectivity index (χ0v) is 13.1. The highest BCUT2D eigenvalue weighted by Crippen LogP contribution is 2.54. The average Bonchev–Trinajstić information content (AvgIpc) is 2.34. The van der Waals surface area contributed by atoms with Crippen LogP contribution in [0.4, 0.5) is 0 Å². The minimum Gasteiger partial charge on any atom is -0.385 e. The Morgan fingerprint density at radius 1 is 1.58 bits per heavy atom. The minimum atomic E-state index is -0.723. The van der Waals surface area contributed by atoms with Crippen LogP contribution in [0.25, 0.3) is 0 Å². The van der Waals surface area contributed by atoms with Gasteiger partial charge >= 0.3 is 0 Å². The Labute approximate surface area is 119 Å². The number of hydrogen-bond donors (Lipinski definition) is 1. The van der Waals surface area contributed by atoms with Crippen LogP contribution in [0.5, 0.6) is 0 Å². The van der Waals surface area contributed by atoms with E-state index >= 15 is 0 Å². The van der Waals surface area contributed by atoms with Crippen LogP contribution < -0.4 is 0 Å². The Hall–Kier alpha value is -0.820. The van der Waals surface area contributed by atoms with Gasteiger partial charge in [0, 0.05) is 5.41 Å². The summed E-state index contributed by atoms with van der Waals surface area (Å²) in [6.45, 7) is 16.6. The molecule has 19 heavy (non-hydrogen) atoms. The fourth-order valence-electron chi connectivity index (χ4n) is 3.73. The smallest absolute Gasteiger partial charge is 0.0916 e. The predicted molar refractivity (Wildman–Crippen MR) is 84.1 cm³/mol. The topological polar surface area (TPSA) is 20.2 Å². The summed E-state index contributed by atoms with van der Waals surface area (Å²) in [6, 6.07) is 0. The summed E-state index contributed by atoms with van der Waals surface area (Å²) in [7, 11) is 0. The van der Waals surface area contributed by atoms with Crippen LogP contribution >= 0.6 is 0 Å². The van der Waals surface area contributed by atoms with E-state index in [9.17, 15) is 5.11 Å². The molecule has 1 nitrogen and oxygen atoms in total. The fourth-order valence-corrected chi connectivity index (χ4v) is 3.73. The number of hydrogen-bond acceptors (Lipinski definition) is 1. The van der Waals surface area contributed by atoms with Gasteiger partial charge in [-0.15, -0.1) is 6.58 Å². The summed E-state index contributed by atoms with van der Waals surface area (Å²) in [4.78, 5) is 0. The lowest BCUT2D eigenvalue weighted by molar-refractivity contribution is -0.0835. The molecule has 0 amide bonds. The van der Waals surface area contributed by atoms with Gasteiger partial charge in [0.15, 0.2) is 0 Å². The molecule has 1 heteroatoms. The number of allylic oxidation sites excluding steroid dienone is 3. The van der Waals surface area contributed by atoms with Crippen molar-refractivity contribution in [2.24, 2.45) is 11.3 Å². The molecule has 108 valence electrons. The van der Waals surface area contributed by atoms with E-state index in [1.165, 1.54) is 5.57 Å². The SMILES string of the molecule is C=CC[C@]1(C)[C@H](C(=C)C)CC=C(C)[C@@]1(O)CCCC. The number of rotatable bonds is 6. The van der Waals surface area contributed by atoms with Crippen molar-refractivity contribution in [2.45, 2.75) is 65.4 Å². The van der Waals surface area contributed by atoms with Gasteiger partial charge in [-0.1, -0.05) is 51.0 Å². The van der Waals surface area contributed by atoms with Gasteiger partial charge in [-0.05, 0) is 44.6 Å². The van der Waals surface area contributed by atoms with Gasteiger partial charge in [0.05, 0.1) is 5.60 Å². The Balaban J connectivity index is 3.27. The molecular formula is C18H30O. The van der Waals surface area contributed by atoms with Crippen molar-refractivity contribution in [3.05, 3.63) is 36.5 Å². The summed E-state index contributed by atoms with van der Waals surface area (Å²) in [5.74, 6) is 0.330. The molecule has 0 saturated carbocycles. The van der Waals surface area contributed by atoms with Crippen molar-refractivity contribution in [3.8, 4) is 0 Å². The predicted octanol–water partition coefficient (Wildman–Crippen LogP) is 5.03. The first-order valence-corrected chi connectivity index (χ1v) is 7.49. The van der Waals surface area contributed by atoms with Crippen molar-refractivity contribution in [2.75, 3.05) is 0 Å². The maximum absolute atomic E-state index is 11.4. The third-order valence-electron chi connectivity index (χ3n) is 5.08. The molecule has 1 aliphatic rings. The second kappa shape index (κ2) is 6.09. The van der Waals surface area contributed by atoms with Gasteiger partial charge < -0.3 is 5.11 Å². The minimum absolute atomic E-state index is 0.186. The van der Waals surface area contributed by atoms with E-state index in [0.29, 0.717) is 5.92 Å². The maximum atomic E-state index is 11.4. The molecule has 0 bridgehead atoms. The van der Waals surface area contributed by atoms with Crippen molar-refractivity contribution in [3.63, 3.8) is 0 Å². The molecule has 0 unspecified atom stereocenters. The molecule has 0 aromatic carbocycles. The lowest BCUT2D eigenvalue weighted by atomic mass is 9.54. The van der Waals surface area contributed by atoms with E-state index in [4.69, 9.17) is 0 Å². The Morgan fingerprint density at radius 2 is 2.21 bits per heavy atom. The summed E-state index contributed by atoms with van der Waals surface area (Å²) < 4.78 is 0. The Morgan fingerprint density at radius 3 is 2.68 bits per heavy atom. The normalized spacial score (nSPS) is 34.8. The van der Waals surface area contributed by atoms with E-state index < -0.39 is 5.60 Å². The van der Waals surface area contributed by atoms with Gasteiger partial charge in [0.2, 0.25) is 0 Å². The van der Waals surface area contributed by atoms with E-state index in [1.807, 2.05) is 6.08 Å². The Bertz CT molecular complexity index is 379. The molecule has 0 radical (unpaired) electrons. The van der Waals surface area contributed by atoms with Crippen molar-refractivity contribution in [1.29, 1.82) is 0 Å². The molecule has 1 rings (SSSR count). The lowest BCUT2D eigenvalue weighted by Gasteiger charge is -2.53. The summed E-state index contributed by atoms with van der Waals surface area (Å²) >= 11 is 0. The molecule has 0 fully saturated rings. The van der Waals surface area contributed by atoms with Crippen LogP contribution in [-0.2, 0) is 0 Å². The van der Waals surface area contributed by atoms with Crippen LogP contribution in [0.1, 0.15) is 59.8 Å². The molecule has 1 aliphatic carbocycles. The highest BCUT2D eigenvalue weighted by Gasteiger charge is 2.53. The molecule has 0 aromatic heterocycles. The average molecular weight is 262 g/mol. The van der Waals surface area contributed by atoms with E-state index in [1.54, 1.807) is 0 Å². The first-order chi connectivity index (χ1) is 8.83. The lowest BCUT2D eigenvalue weighted by Crippen LogP contribution is -2.53. The van der Waals surface area contributed by atoms with Gasteiger partial charge in [0.1, 0.15) is 0 Å². The zero-order valence-electron chi connectivity index (χ0n) is 13.1. The van der Waals surface area contributed by atoms with Crippen LogP contribution in [0.15, 0.2) is 36.5 Å². The molecule has 0 aromatic rings. The van der Waals surface area contributed by atoms with Crippen molar-refractivity contribution < 1.29 is 5.11 Å². The Kier molecular flexibility index (Phi) is 5.20. The quantitative estimate of drug-likeness (QED) is 0.665. The molecule has 1 N–H and O–H groups in total. The zero-order chi connectivity index (χ0) is 14.7. The summed E-state index contributed by atoms with van der Waals surface area (Å²) in [6.07, 6.45) is 8.97. The van der Waals surface area contributed by atoms with E-state index in [-0.39, 0.29) is 5.41 Å². The van der Waals surface area contributed by atoms with Crippen molar-refractivity contribution in [1.82, 2.24) is 0 Å². The molecule has 3 atom stereocenters. The number of aliphatic hydroxyl groups is 1. The van der Waals surface area contributed by atoms with Crippen LogP contribution in [0, 0.1) is 11.3 Å². The van der Waals surface area contributed by atoms with Crippen LogP contribution in [0.3, 0.4) is 0 Å². The molecule has 0 aliphatic heterocycles. The van der Waals surface area contributed by atoms with Gasteiger partial charge in [-0.25, -0.2) is 0 Å². The highest BCUT2D eigenvalue weighted by atomic mass is 16.3. The molecule has 0 spiro atoms. The van der Waals surface area contributed by atoms with Crippen LogP contribution in [0.2, 0.25) is 0 Å².